The Morgan fingerprint density at radius 1 is 1.25 bits per heavy atom. The first-order chi connectivity index (χ1) is 9.00. The number of ether oxygens (including phenoxy) is 1. The normalized spacial score (nSPS) is 12.5. The molecule has 1 rings (SSSR count). The second-order valence-electron chi connectivity index (χ2n) is 3.46. The maximum absolute atomic E-state index is 12.5. The minimum absolute atomic E-state index is 0.366. The van der Waals surface area contributed by atoms with E-state index in [1.165, 1.54) is 0 Å². The molecule has 0 fully saturated rings. The minimum atomic E-state index is -5.07. The molecule has 0 aliphatic rings. The van der Waals surface area contributed by atoms with E-state index in [-0.39, 0.29) is 0 Å². The molecule has 0 spiro atoms. The van der Waals surface area contributed by atoms with E-state index >= 15 is 0 Å². The summed E-state index contributed by atoms with van der Waals surface area (Å²) >= 11 is 0. The number of hydrogen-bond acceptors (Lipinski definition) is 4. The van der Waals surface area contributed by atoms with Crippen LogP contribution in [0.25, 0.3) is 0 Å². The summed E-state index contributed by atoms with van der Waals surface area (Å²) in [4.78, 5) is 16.7. The van der Waals surface area contributed by atoms with Gasteiger partial charge in [-0.3, -0.25) is 0 Å². The molecule has 11 heteroatoms. The fourth-order valence-corrected chi connectivity index (χ4v) is 1.12. The molecule has 1 aromatic heterocycles. The zero-order chi connectivity index (χ0) is 15.6. The van der Waals surface area contributed by atoms with E-state index in [2.05, 4.69) is 14.7 Å². The first-order valence-corrected chi connectivity index (χ1v) is 4.81. The third kappa shape index (κ3) is 4.64. The maximum atomic E-state index is 12.5. The number of hydrogen-bond donors (Lipinski definition) is 1. The lowest BCUT2D eigenvalue weighted by Crippen LogP contribution is -2.20. The molecule has 1 aromatic rings. The molecule has 0 radical (unpaired) electrons. The van der Waals surface area contributed by atoms with E-state index in [4.69, 9.17) is 5.11 Å². The van der Waals surface area contributed by atoms with Crippen LogP contribution in [0.15, 0.2) is 6.20 Å². The smallest absolute Gasteiger partial charge is 0.434 e. The number of alkyl halides is 6. The maximum Gasteiger partial charge on any atom is 0.434 e. The van der Waals surface area contributed by atoms with Gasteiger partial charge in [-0.15, -0.1) is 0 Å². The van der Waals surface area contributed by atoms with Crippen molar-refractivity contribution in [3.8, 4) is 0 Å². The predicted molar refractivity (Wildman–Crippen MR) is 49.7 cm³/mol. The fourth-order valence-electron chi connectivity index (χ4n) is 1.12. The van der Waals surface area contributed by atoms with Gasteiger partial charge in [0.1, 0.15) is 18.8 Å². The summed E-state index contributed by atoms with van der Waals surface area (Å²) in [6.07, 6.45) is -9.35. The number of carboxylic acids is 1. The van der Waals surface area contributed by atoms with Gasteiger partial charge >= 0.3 is 18.3 Å². The highest BCUT2D eigenvalue weighted by Crippen LogP contribution is 2.30. The van der Waals surface area contributed by atoms with Gasteiger partial charge in [0, 0.05) is 6.20 Å². The molecule has 0 saturated heterocycles. The Bertz CT molecular complexity index is 499. The van der Waals surface area contributed by atoms with E-state index < -0.39 is 48.6 Å². The van der Waals surface area contributed by atoms with E-state index in [1.807, 2.05) is 0 Å². The number of nitrogens with zero attached hydrogens (tertiary/aromatic N) is 2. The molecule has 0 bridgehead atoms. The van der Waals surface area contributed by atoms with Crippen LogP contribution in [0.1, 0.15) is 21.9 Å². The average Bonchev–Trinajstić information content (AvgIpc) is 2.25. The summed E-state index contributed by atoms with van der Waals surface area (Å²) in [6.45, 7) is -2.61. The molecular formula is C9H6F6N2O3. The number of carboxylic acid groups (broad SMARTS) is 1. The highest BCUT2D eigenvalue weighted by molar-refractivity contribution is 5.88. The van der Waals surface area contributed by atoms with Gasteiger partial charge in [0.15, 0.2) is 11.5 Å². The summed E-state index contributed by atoms with van der Waals surface area (Å²) in [5.74, 6) is -2.60. The van der Waals surface area contributed by atoms with Gasteiger partial charge < -0.3 is 9.84 Å². The number of rotatable bonds is 4. The summed E-state index contributed by atoms with van der Waals surface area (Å²) in [5.41, 5.74) is -2.94. The second-order valence-corrected chi connectivity index (χ2v) is 3.46. The van der Waals surface area contributed by atoms with Gasteiger partial charge in [0.25, 0.3) is 0 Å². The number of carbonyl (C=O) groups is 1. The Labute approximate surface area is 107 Å². The monoisotopic (exact) mass is 304 g/mol. The van der Waals surface area contributed by atoms with Crippen LogP contribution in [-0.4, -0.2) is 33.8 Å². The standard InChI is InChI=1S/C9H6F6N2O3/c10-8(11,12)3-20-2-5-16-1-4(7(18)19)6(17-5)9(13,14)15/h1H,2-3H2,(H,18,19). The molecule has 0 saturated carbocycles. The second kappa shape index (κ2) is 5.61. The average molecular weight is 304 g/mol. The van der Waals surface area contributed by atoms with Crippen LogP contribution in [0.4, 0.5) is 26.3 Å². The molecule has 112 valence electrons. The Kier molecular flexibility index (Phi) is 4.53. The van der Waals surface area contributed by atoms with Gasteiger partial charge in [-0.25, -0.2) is 14.8 Å². The van der Waals surface area contributed by atoms with Crippen molar-refractivity contribution in [3.63, 3.8) is 0 Å². The molecule has 0 aromatic carbocycles. The fraction of sp³-hybridized carbons (Fsp3) is 0.444. The van der Waals surface area contributed by atoms with Crippen LogP contribution in [0.2, 0.25) is 0 Å². The molecule has 0 aliphatic heterocycles. The highest BCUT2D eigenvalue weighted by Gasteiger charge is 2.38. The number of aromatic carboxylic acids is 1. The summed E-state index contributed by atoms with van der Waals surface area (Å²) < 4.78 is 77.0. The summed E-state index contributed by atoms with van der Waals surface area (Å²) in [7, 11) is 0. The third-order valence-electron chi connectivity index (χ3n) is 1.83. The minimum Gasteiger partial charge on any atom is -0.478 e. The van der Waals surface area contributed by atoms with Crippen molar-refractivity contribution in [1.82, 2.24) is 9.97 Å². The van der Waals surface area contributed by atoms with Crippen LogP contribution < -0.4 is 0 Å². The van der Waals surface area contributed by atoms with Gasteiger partial charge in [-0.2, -0.15) is 26.3 Å². The Morgan fingerprint density at radius 2 is 1.85 bits per heavy atom. The van der Waals surface area contributed by atoms with Crippen molar-refractivity contribution in [2.24, 2.45) is 0 Å². The van der Waals surface area contributed by atoms with E-state index in [0.717, 1.165) is 0 Å². The van der Waals surface area contributed by atoms with Gasteiger partial charge in [-0.1, -0.05) is 0 Å². The van der Waals surface area contributed by atoms with Crippen molar-refractivity contribution in [3.05, 3.63) is 23.3 Å². The lowest BCUT2D eigenvalue weighted by molar-refractivity contribution is -0.177. The van der Waals surface area contributed by atoms with Crippen LogP contribution in [0.5, 0.6) is 0 Å². The zero-order valence-electron chi connectivity index (χ0n) is 9.42. The predicted octanol–water partition coefficient (Wildman–Crippen LogP) is 2.27. The topological polar surface area (TPSA) is 72.3 Å². The zero-order valence-corrected chi connectivity index (χ0v) is 9.42. The molecule has 5 nitrogen and oxygen atoms in total. The molecule has 1 N–H and O–H groups in total. The Morgan fingerprint density at radius 3 is 2.30 bits per heavy atom. The number of aromatic nitrogens is 2. The third-order valence-corrected chi connectivity index (χ3v) is 1.83. The molecule has 0 unspecified atom stereocenters. The Balaban J connectivity index is 2.93. The SMILES string of the molecule is O=C(O)c1cnc(COCC(F)(F)F)nc1C(F)(F)F. The molecule has 20 heavy (non-hydrogen) atoms. The molecular weight excluding hydrogens is 298 g/mol. The highest BCUT2D eigenvalue weighted by atomic mass is 19.4. The van der Waals surface area contributed by atoms with Gasteiger partial charge in [-0.05, 0) is 0 Å². The molecule has 0 aliphatic carbocycles. The number of halogens is 6. The van der Waals surface area contributed by atoms with Crippen LogP contribution in [0.3, 0.4) is 0 Å². The van der Waals surface area contributed by atoms with Gasteiger partial charge in [0.2, 0.25) is 0 Å². The largest absolute Gasteiger partial charge is 0.478 e. The van der Waals surface area contributed by atoms with E-state index in [1.54, 1.807) is 0 Å². The van der Waals surface area contributed by atoms with Crippen molar-refractivity contribution in [1.29, 1.82) is 0 Å². The first-order valence-electron chi connectivity index (χ1n) is 4.81. The molecule has 0 amide bonds. The molecule has 0 atom stereocenters. The molecule has 1 heterocycles. The van der Waals surface area contributed by atoms with Crippen molar-refractivity contribution in [2.75, 3.05) is 6.61 Å². The van der Waals surface area contributed by atoms with E-state index in [0.29, 0.717) is 6.20 Å². The lowest BCUT2D eigenvalue weighted by Gasteiger charge is -2.11. The van der Waals surface area contributed by atoms with Crippen LogP contribution in [-0.2, 0) is 17.5 Å². The van der Waals surface area contributed by atoms with Gasteiger partial charge in [0.05, 0.1) is 0 Å². The van der Waals surface area contributed by atoms with Crippen molar-refractivity contribution in [2.45, 2.75) is 19.0 Å². The first kappa shape index (κ1) is 16.1. The van der Waals surface area contributed by atoms with Crippen molar-refractivity contribution >= 4 is 5.97 Å². The van der Waals surface area contributed by atoms with Crippen LogP contribution in [0, 0.1) is 0 Å². The summed E-state index contributed by atoms with van der Waals surface area (Å²) in [5, 5.41) is 8.54. The Hall–Kier alpha value is -1.91. The summed E-state index contributed by atoms with van der Waals surface area (Å²) in [6, 6.07) is 0. The quantitative estimate of drug-likeness (QED) is 0.864. The van der Waals surface area contributed by atoms with E-state index in [9.17, 15) is 31.1 Å². The van der Waals surface area contributed by atoms with Crippen molar-refractivity contribution < 1.29 is 41.0 Å². The lowest BCUT2D eigenvalue weighted by atomic mass is 10.2. The van der Waals surface area contributed by atoms with Crippen LogP contribution >= 0.6 is 0 Å².